The summed E-state index contributed by atoms with van der Waals surface area (Å²) in [6, 6.07) is 13.6. The van der Waals surface area contributed by atoms with Crippen molar-refractivity contribution in [2.75, 3.05) is 25.5 Å². The SMILES string of the molecule is C=CCCC(=O)NCCCCCCCCCCOc1ccc(C(=O)Oc2ccc(CSP(=O)(O)OC[C@@H]3CC[C@H](n4cnc5c(N)ncnc54)O3)cc2)cc1. The number of anilines is 1. The highest BCUT2D eigenvalue weighted by Crippen LogP contribution is 2.57. The lowest BCUT2D eigenvalue weighted by atomic mass is 10.1. The van der Waals surface area contributed by atoms with Crippen molar-refractivity contribution in [2.24, 2.45) is 0 Å². The van der Waals surface area contributed by atoms with Crippen LogP contribution in [-0.4, -0.2) is 62.2 Å². The normalized spacial score (nSPS) is 16.5. The number of carbonyl (C=O) groups excluding carboxylic acids is 2. The molecule has 1 amide bonds. The first-order valence-electron chi connectivity index (χ1n) is 18.8. The first kappa shape index (κ1) is 41.9. The molecule has 3 heterocycles. The fourth-order valence-corrected chi connectivity index (χ4v) is 8.28. The molecule has 14 nitrogen and oxygen atoms in total. The molecule has 1 fully saturated rings. The molecule has 4 N–H and O–H groups in total. The summed E-state index contributed by atoms with van der Waals surface area (Å²) < 4.78 is 37.4. The number of nitrogen functional groups attached to an aromatic ring is 1. The third-order valence-corrected chi connectivity index (χ3v) is 12.0. The van der Waals surface area contributed by atoms with Crippen LogP contribution in [0.15, 0.2) is 73.8 Å². The van der Waals surface area contributed by atoms with E-state index in [2.05, 4.69) is 26.8 Å². The molecule has 1 saturated heterocycles. The van der Waals surface area contributed by atoms with Crippen LogP contribution in [0.5, 0.6) is 11.5 Å². The number of nitrogens with one attached hydrogen (secondary N) is 1. The molecule has 2 aromatic heterocycles. The lowest BCUT2D eigenvalue weighted by Gasteiger charge is -2.17. The summed E-state index contributed by atoms with van der Waals surface area (Å²) in [6.45, 7) is 1.00. The summed E-state index contributed by atoms with van der Waals surface area (Å²) in [7, 11) is 0. The zero-order valence-electron chi connectivity index (χ0n) is 31.1. The lowest BCUT2D eigenvalue weighted by Crippen LogP contribution is -2.23. The van der Waals surface area contributed by atoms with Crippen molar-refractivity contribution in [3.8, 4) is 11.5 Å². The van der Waals surface area contributed by atoms with Gasteiger partial charge in [0.1, 0.15) is 29.6 Å². The number of benzene rings is 2. The van der Waals surface area contributed by atoms with Crippen LogP contribution in [0.25, 0.3) is 11.2 Å². The average Bonchev–Trinajstić information content (AvgIpc) is 3.85. The molecule has 2 aromatic carbocycles. The number of nitrogens with two attached hydrogens (primary N) is 1. The summed E-state index contributed by atoms with van der Waals surface area (Å²) in [4.78, 5) is 47.2. The Hall–Kier alpha value is -4.27. The molecule has 4 aromatic rings. The summed E-state index contributed by atoms with van der Waals surface area (Å²) in [6.07, 6.45) is 15.5. The van der Waals surface area contributed by atoms with E-state index in [0.29, 0.717) is 54.1 Å². The van der Waals surface area contributed by atoms with Gasteiger partial charge in [-0.1, -0.05) is 56.7 Å². The molecule has 0 spiro atoms. The van der Waals surface area contributed by atoms with Crippen molar-refractivity contribution in [3.63, 3.8) is 0 Å². The van der Waals surface area contributed by atoms with Crippen molar-refractivity contribution in [1.82, 2.24) is 24.8 Å². The van der Waals surface area contributed by atoms with Crippen molar-refractivity contribution < 1.29 is 37.8 Å². The number of unbranched alkanes of at least 4 members (excludes halogenated alkanes) is 7. The highest BCUT2D eigenvalue weighted by atomic mass is 32.7. The van der Waals surface area contributed by atoms with Gasteiger partial charge in [-0.2, -0.15) is 0 Å². The Labute approximate surface area is 325 Å². The van der Waals surface area contributed by atoms with Gasteiger partial charge < -0.3 is 30.2 Å². The zero-order chi connectivity index (χ0) is 38.9. The molecule has 296 valence electrons. The molecular weight excluding hydrogens is 744 g/mol. The lowest BCUT2D eigenvalue weighted by molar-refractivity contribution is -0.121. The topological polar surface area (TPSA) is 190 Å². The fourth-order valence-electron chi connectivity index (χ4n) is 6.00. The first-order valence-corrected chi connectivity index (χ1v) is 22.0. The Balaban J connectivity index is 0.912. The van der Waals surface area contributed by atoms with Crippen LogP contribution in [0.3, 0.4) is 0 Å². The van der Waals surface area contributed by atoms with Crippen LogP contribution in [0.4, 0.5) is 5.82 Å². The second kappa shape index (κ2) is 21.7. The third kappa shape index (κ3) is 13.8. The van der Waals surface area contributed by atoms with Crippen molar-refractivity contribution >= 4 is 47.0 Å². The van der Waals surface area contributed by atoms with Gasteiger partial charge in [-0.3, -0.25) is 13.9 Å². The number of rotatable bonds is 24. The Kier molecular flexibility index (Phi) is 16.5. The average molecular weight is 795 g/mol. The minimum Gasteiger partial charge on any atom is -0.494 e. The van der Waals surface area contributed by atoms with Crippen LogP contribution < -0.4 is 20.5 Å². The fraction of sp³-hybridized carbons (Fsp3) is 0.462. The molecule has 0 radical (unpaired) electrons. The number of carbonyl (C=O) groups is 2. The van der Waals surface area contributed by atoms with Crippen molar-refractivity contribution in [1.29, 1.82) is 0 Å². The standard InChI is InChI=1S/C39H51N6O8PS/c1-2-3-12-34(46)41-23-10-8-6-4-5-7-9-11-24-50-31-19-15-30(16-20-31)39(47)53-32-17-13-29(14-18-32)26-55-54(48,49)51-25-33-21-22-35(52-33)45-28-44-36-37(40)42-27-43-38(36)45/h2,13-20,27-28,33,35H,1,3-12,21-26H2,(H,41,46)(H,48,49)(H2,40,42,43)/t33-,35+/m0/s1. The second-order valence-corrected chi connectivity index (χ2v) is 17.2. The molecule has 0 bridgehead atoms. The van der Waals surface area contributed by atoms with Crippen molar-refractivity contribution in [2.45, 2.75) is 95.1 Å². The largest absolute Gasteiger partial charge is 0.494 e. The van der Waals surface area contributed by atoms with Gasteiger partial charge in [0, 0.05) is 18.7 Å². The van der Waals surface area contributed by atoms with E-state index in [9.17, 15) is 19.0 Å². The van der Waals surface area contributed by atoms with Gasteiger partial charge in [-0.25, -0.2) is 24.3 Å². The molecule has 55 heavy (non-hydrogen) atoms. The van der Waals surface area contributed by atoms with Crippen LogP contribution in [-0.2, 0) is 24.4 Å². The van der Waals surface area contributed by atoms with Gasteiger partial charge in [-0.15, -0.1) is 6.58 Å². The summed E-state index contributed by atoms with van der Waals surface area (Å²) in [5.41, 5.74) is 8.11. The summed E-state index contributed by atoms with van der Waals surface area (Å²) in [5, 5.41) is 2.95. The molecule has 1 aliphatic rings. The predicted molar refractivity (Wildman–Crippen MR) is 213 cm³/mol. The Bertz CT molecular complexity index is 1880. The second-order valence-electron chi connectivity index (χ2n) is 13.3. The van der Waals surface area contributed by atoms with E-state index in [1.54, 1.807) is 65.5 Å². The number of nitrogens with zero attached hydrogens (tertiary/aromatic N) is 4. The number of esters is 1. The van der Waals surface area contributed by atoms with E-state index in [0.717, 1.165) is 55.6 Å². The van der Waals surface area contributed by atoms with E-state index >= 15 is 0 Å². The molecule has 3 atom stereocenters. The highest BCUT2D eigenvalue weighted by Gasteiger charge is 2.31. The summed E-state index contributed by atoms with van der Waals surface area (Å²) in [5.74, 6) is 1.18. The number of ether oxygens (including phenoxy) is 3. The minimum absolute atomic E-state index is 0.0349. The highest BCUT2D eigenvalue weighted by molar-refractivity contribution is 8.54. The van der Waals surface area contributed by atoms with Gasteiger partial charge in [0.2, 0.25) is 5.91 Å². The number of aromatic nitrogens is 4. The number of hydrogen-bond acceptors (Lipinski definition) is 12. The maximum Gasteiger partial charge on any atom is 0.386 e. The van der Waals surface area contributed by atoms with Crippen LogP contribution >= 0.6 is 18.2 Å². The molecule has 16 heteroatoms. The third-order valence-electron chi connectivity index (χ3n) is 9.06. The Morgan fingerprint density at radius 2 is 1.69 bits per heavy atom. The van der Waals surface area contributed by atoms with E-state index in [4.69, 9.17) is 24.5 Å². The zero-order valence-corrected chi connectivity index (χ0v) is 32.8. The van der Waals surface area contributed by atoms with Gasteiger partial charge >= 0.3 is 12.8 Å². The van der Waals surface area contributed by atoms with E-state index in [1.807, 2.05) is 0 Å². The Morgan fingerprint density at radius 1 is 0.982 bits per heavy atom. The van der Waals surface area contributed by atoms with E-state index in [1.165, 1.54) is 32.0 Å². The maximum absolute atomic E-state index is 12.8. The summed E-state index contributed by atoms with van der Waals surface area (Å²) >= 11 is 0.807. The van der Waals surface area contributed by atoms with Crippen molar-refractivity contribution in [3.05, 3.63) is 85.0 Å². The van der Waals surface area contributed by atoms with Gasteiger partial charge in [0.05, 0.1) is 31.2 Å². The molecule has 5 rings (SSSR count). The van der Waals surface area contributed by atoms with E-state index in [-0.39, 0.29) is 36.4 Å². The predicted octanol–water partition coefficient (Wildman–Crippen LogP) is 7.94. The quantitative estimate of drug-likeness (QED) is 0.0204. The van der Waals surface area contributed by atoms with Gasteiger partial charge in [-0.05, 0) is 85.4 Å². The van der Waals surface area contributed by atoms with Gasteiger partial charge in [0.25, 0.3) is 0 Å². The molecule has 1 unspecified atom stereocenters. The number of allylic oxidation sites excluding steroid dienone is 1. The van der Waals surface area contributed by atoms with Crippen LogP contribution in [0, 0.1) is 0 Å². The first-order chi connectivity index (χ1) is 26.7. The van der Waals surface area contributed by atoms with Crippen LogP contribution in [0.2, 0.25) is 0 Å². The molecule has 0 saturated carbocycles. The Morgan fingerprint density at radius 3 is 2.44 bits per heavy atom. The number of imidazole rings is 1. The van der Waals surface area contributed by atoms with Crippen LogP contribution in [0.1, 0.15) is 99.2 Å². The smallest absolute Gasteiger partial charge is 0.386 e. The monoisotopic (exact) mass is 794 g/mol. The van der Waals surface area contributed by atoms with E-state index < -0.39 is 12.8 Å². The number of amides is 1. The molecule has 1 aliphatic heterocycles. The maximum atomic E-state index is 12.8. The van der Waals surface area contributed by atoms with Gasteiger partial charge in [0.15, 0.2) is 11.5 Å². The minimum atomic E-state index is -3.96. The molecule has 0 aliphatic carbocycles. The number of fused-ring (bicyclic) bond motifs is 1. The molecular formula is C39H51N6O8PS. The number of hydrogen-bond donors (Lipinski definition) is 3.